The Bertz CT molecular complexity index is 1040. The average Bonchev–Trinajstić information content (AvgIpc) is 3.40. The number of amides is 3. The van der Waals surface area contributed by atoms with Gasteiger partial charge in [-0.25, -0.2) is 13.2 Å². The van der Waals surface area contributed by atoms with Crippen molar-refractivity contribution < 1.29 is 27.5 Å². The summed E-state index contributed by atoms with van der Waals surface area (Å²) in [4.78, 5) is 36.3. The molecule has 1 aliphatic heterocycles. The maximum Gasteiger partial charge on any atom is 0.414 e. The maximum atomic E-state index is 12.6. The monoisotopic (exact) mass is 451 g/mol. The molecule has 2 heterocycles. The van der Waals surface area contributed by atoms with Crippen molar-refractivity contribution in [3.8, 4) is 0 Å². The number of anilines is 1. The number of nitrogens with one attached hydrogen (secondary N) is 2. The lowest BCUT2D eigenvalue weighted by atomic mass is 10.2. The summed E-state index contributed by atoms with van der Waals surface area (Å²) in [6, 6.07) is 7.10. The molecule has 0 aliphatic carbocycles. The van der Waals surface area contributed by atoms with E-state index in [1.54, 1.807) is 12.3 Å². The largest absolute Gasteiger partial charge is 0.450 e. The third-order valence-corrected chi connectivity index (χ3v) is 7.19. The predicted octanol–water partition coefficient (Wildman–Crippen LogP) is 2.67. The number of nitrogens with zero attached hydrogens (tertiary/aromatic N) is 1. The quantitative estimate of drug-likeness (QED) is 0.696. The zero-order chi connectivity index (χ0) is 21.7. The van der Waals surface area contributed by atoms with Gasteiger partial charge in [0.1, 0.15) is 5.00 Å². The van der Waals surface area contributed by atoms with E-state index in [2.05, 4.69) is 15.4 Å². The summed E-state index contributed by atoms with van der Waals surface area (Å²) >= 11 is 1.12. The molecule has 0 atom stereocenters. The van der Waals surface area contributed by atoms with E-state index in [4.69, 9.17) is 0 Å². The average molecular weight is 452 g/mol. The zero-order valence-electron chi connectivity index (χ0n) is 16.2. The van der Waals surface area contributed by atoms with Crippen molar-refractivity contribution in [3.63, 3.8) is 0 Å². The molecular weight excluding hydrogens is 430 g/mol. The second kappa shape index (κ2) is 9.37. The normalized spacial score (nSPS) is 14.3. The van der Waals surface area contributed by atoms with Gasteiger partial charge in [0.05, 0.1) is 17.1 Å². The van der Waals surface area contributed by atoms with E-state index in [9.17, 15) is 22.8 Å². The van der Waals surface area contributed by atoms with Gasteiger partial charge in [0.2, 0.25) is 10.0 Å². The molecule has 160 valence electrons. The van der Waals surface area contributed by atoms with Gasteiger partial charge in [0.25, 0.3) is 11.8 Å². The van der Waals surface area contributed by atoms with Gasteiger partial charge in [-0.05, 0) is 55.5 Å². The standard InChI is InChI=1S/C19H21N3O6S2/c1-2-28-19(25)21-17(24)15-9-12-29-18(15)20-16(23)13-5-7-14(8-6-13)30(26,27)22-10-3-4-11-22/h5-9,12H,2-4,10-11H2,1H3,(H,20,23)(H,21,24,25). The van der Waals surface area contributed by atoms with Gasteiger partial charge in [-0.3, -0.25) is 14.9 Å². The van der Waals surface area contributed by atoms with Crippen LogP contribution in [0.5, 0.6) is 0 Å². The Kier molecular flexibility index (Phi) is 6.85. The molecule has 3 amide bonds. The van der Waals surface area contributed by atoms with E-state index in [1.165, 1.54) is 34.6 Å². The van der Waals surface area contributed by atoms with Crippen LogP contribution < -0.4 is 10.6 Å². The fourth-order valence-electron chi connectivity index (χ4n) is 2.94. The van der Waals surface area contributed by atoms with Crippen LogP contribution in [0.4, 0.5) is 9.80 Å². The van der Waals surface area contributed by atoms with Crippen molar-refractivity contribution in [3.05, 3.63) is 46.8 Å². The molecule has 11 heteroatoms. The number of carbonyl (C=O) groups is 3. The lowest BCUT2D eigenvalue weighted by molar-refractivity contribution is 0.0926. The molecule has 2 N–H and O–H groups in total. The van der Waals surface area contributed by atoms with E-state index < -0.39 is 27.9 Å². The Morgan fingerprint density at radius 2 is 1.73 bits per heavy atom. The van der Waals surface area contributed by atoms with Crippen LogP contribution in [0.15, 0.2) is 40.6 Å². The molecule has 30 heavy (non-hydrogen) atoms. The van der Waals surface area contributed by atoms with Crippen LogP contribution in [0, 0.1) is 0 Å². The van der Waals surface area contributed by atoms with Crippen LogP contribution in [-0.2, 0) is 14.8 Å². The van der Waals surface area contributed by atoms with Crippen molar-refractivity contribution in [2.24, 2.45) is 0 Å². The molecule has 1 aliphatic rings. The van der Waals surface area contributed by atoms with E-state index in [1.807, 2.05) is 0 Å². The number of ether oxygens (including phenoxy) is 1. The van der Waals surface area contributed by atoms with Crippen molar-refractivity contribution in [2.45, 2.75) is 24.7 Å². The minimum absolute atomic E-state index is 0.120. The summed E-state index contributed by atoms with van der Waals surface area (Å²) in [5.41, 5.74) is 0.357. The van der Waals surface area contributed by atoms with E-state index in [0.717, 1.165) is 24.2 Å². The Balaban J connectivity index is 1.69. The van der Waals surface area contributed by atoms with Gasteiger partial charge in [-0.1, -0.05) is 0 Å². The summed E-state index contributed by atoms with van der Waals surface area (Å²) in [5.74, 6) is -1.20. The number of imide groups is 1. The summed E-state index contributed by atoms with van der Waals surface area (Å²) in [7, 11) is -3.56. The summed E-state index contributed by atoms with van der Waals surface area (Å²) in [6.07, 6.45) is 0.806. The number of hydrogen-bond donors (Lipinski definition) is 2. The molecule has 1 aromatic carbocycles. The minimum Gasteiger partial charge on any atom is -0.450 e. The van der Waals surface area contributed by atoms with E-state index >= 15 is 0 Å². The second-order valence-corrected chi connectivity index (χ2v) is 9.28. The number of rotatable bonds is 6. The minimum atomic E-state index is -3.56. The number of alkyl carbamates (subject to hydrolysis) is 1. The lowest BCUT2D eigenvalue weighted by Crippen LogP contribution is -2.31. The first-order valence-electron chi connectivity index (χ1n) is 9.30. The Morgan fingerprint density at radius 3 is 2.37 bits per heavy atom. The molecule has 0 spiro atoms. The van der Waals surface area contributed by atoms with Crippen LogP contribution in [-0.4, -0.2) is 50.3 Å². The van der Waals surface area contributed by atoms with Gasteiger partial charge < -0.3 is 10.1 Å². The predicted molar refractivity (Wildman–Crippen MR) is 111 cm³/mol. The number of thiophene rings is 1. The fraction of sp³-hybridized carbons (Fsp3) is 0.316. The zero-order valence-corrected chi connectivity index (χ0v) is 17.8. The molecule has 1 saturated heterocycles. The first-order valence-corrected chi connectivity index (χ1v) is 11.6. The number of sulfonamides is 1. The first-order chi connectivity index (χ1) is 14.3. The Morgan fingerprint density at radius 1 is 1.07 bits per heavy atom. The Hall–Kier alpha value is -2.76. The highest BCUT2D eigenvalue weighted by atomic mass is 32.2. The molecule has 3 rings (SSSR count). The molecule has 0 bridgehead atoms. The molecule has 0 unspecified atom stereocenters. The van der Waals surface area contributed by atoms with Gasteiger partial charge >= 0.3 is 6.09 Å². The number of benzene rings is 1. The molecule has 9 nitrogen and oxygen atoms in total. The highest BCUT2D eigenvalue weighted by Crippen LogP contribution is 2.25. The maximum absolute atomic E-state index is 12.6. The van der Waals surface area contributed by atoms with Crippen LogP contribution in [0.25, 0.3) is 0 Å². The SMILES string of the molecule is CCOC(=O)NC(=O)c1ccsc1NC(=O)c1ccc(S(=O)(=O)N2CCCC2)cc1. The molecular formula is C19H21N3O6S2. The molecule has 0 radical (unpaired) electrons. The number of hydrogen-bond acceptors (Lipinski definition) is 7. The lowest BCUT2D eigenvalue weighted by Gasteiger charge is -2.15. The van der Waals surface area contributed by atoms with Gasteiger partial charge in [0, 0.05) is 18.7 Å². The topological polar surface area (TPSA) is 122 Å². The van der Waals surface area contributed by atoms with Crippen molar-refractivity contribution in [1.82, 2.24) is 9.62 Å². The molecule has 1 fully saturated rings. The molecule has 0 saturated carbocycles. The van der Waals surface area contributed by atoms with Crippen LogP contribution >= 0.6 is 11.3 Å². The van der Waals surface area contributed by atoms with Crippen molar-refractivity contribution >= 4 is 44.3 Å². The van der Waals surface area contributed by atoms with Gasteiger partial charge in [-0.2, -0.15) is 4.31 Å². The van der Waals surface area contributed by atoms with Crippen LogP contribution in [0.1, 0.15) is 40.5 Å². The van der Waals surface area contributed by atoms with E-state index in [-0.39, 0.29) is 27.6 Å². The smallest absolute Gasteiger partial charge is 0.414 e. The summed E-state index contributed by atoms with van der Waals surface area (Å²) in [5, 5.41) is 6.54. The van der Waals surface area contributed by atoms with Gasteiger partial charge in [0.15, 0.2) is 0 Å². The second-order valence-electron chi connectivity index (χ2n) is 6.43. The molecule has 2 aromatic rings. The summed E-state index contributed by atoms with van der Waals surface area (Å²) in [6.45, 7) is 2.73. The third-order valence-electron chi connectivity index (χ3n) is 4.45. The van der Waals surface area contributed by atoms with Gasteiger partial charge in [-0.15, -0.1) is 11.3 Å². The highest BCUT2D eigenvalue weighted by molar-refractivity contribution is 7.89. The molecule has 1 aromatic heterocycles. The van der Waals surface area contributed by atoms with Crippen LogP contribution in [0.2, 0.25) is 0 Å². The fourth-order valence-corrected chi connectivity index (χ4v) is 5.24. The van der Waals surface area contributed by atoms with Crippen molar-refractivity contribution in [2.75, 3.05) is 25.0 Å². The highest BCUT2D eigenvalue weighted by Gasteiger charge is 2.27. The number of carbonyl (C=O) groups excluding carboxylic acids is 3. The third kappa shape index (κ3) is 4.86. The Labute approximate surface area is 178 Å². The van der Waals surface area contributed by atoms with Crippen molar-refractivity contribution in [1.29, 1.82) is 0 Å². The van der Waals surface area contributed by atoms with Crippen LogP contribution in [0.3, 0.4) is 0 Å². The van der Waals surface area contributed by atoms with E-state index in [0.29, 0.717) is 13.1 Å². The summed E-state index contributed by atoms with van der Waals surface area (Å²) < 4.78 is 31.2. The first kappa shape index (κ1) is 21.9.